The second-order valence-corrected chi connectivity index (χ2v) is 11.8. The van der Waals surface area contributed by atoms with E-state index in [1.165, 1.54) is 18.9 Å². The maximum atomic E-state index is 15.7. The molecule has 0 amide bonds. The van der Waals surface area contributed by atoms with Crippen LogP contribution in [0.1, 0.15) is 12.8 Å². The first-order chi connectivity index (χ1) is 20.4. The smallest absolute Gasteiger partial charge is 0.231 e. The Kier molecular flexibility index (Phi) is 6.99. The van der Waals surface area contributed by atoms with Crippen LogP contribution in [0.4, 0.5) is 38.9 Å². The van der Waals surface area contributed by atoms with Gasteiger partial charge in [-0.3, -0.25) is 4.90 Å². The SMILES string of the molecule is CN1CCC(N2CCN3c4c(F)cc(Nc5nc(Nc6ccccc6N(C)C)c6cc[nH]c6n5)cc4OCC3C2)CC1. The fraction of sp³-hybridized carbons (Fsp3) is 0.419. The van der Waals surface area contributed by atoms with Gasteiger partial charge in [-0.05, 0) is 57.2 Å². The van der Waals surface area contributed by atoms with Gasteiger partial charge in [-0.1, -0.05) is 12.1 Å². The molecule has 1 unspecified atom stereocenters. The van der Waals surface area contributed by atoms with Gasteiger partial charge >= 0.3 is 0 Å². The first kappa shape index (κ1) is 26.8. The number of H-pyrrole nitrogens is 1. The zero-order chi connectivity index (χ0) is 28.8. The number of rotatable bonds is 6. The molecule has 2 saturated heterocycles. The summed E-state index contributed by atoms with van der Waals surface area (Å²) in [5.41, 5.74) is 3.74. The van der Waals surface area contributed by atoms with Crippen LogP contribution in [0.5, 0.6) is 5.75 Å². The number of nitrogens with one attached hydrogen (secondary N) is 3. The lowest BCUT2D eigenvalue weighted by Crippen LogP contribution is -2.60. The van der Waals surface area contributed by atoms with Gasteiger partial charge < -0.3 is 35.1 Å². The van der Waals surface area contributed by atoms with Crippen molar-refractivity contribution in [3.8, 4) is 5.75 Å². The van der Waals surface area contributed by atoms with E-state index in [0.29, 0.717) is 47.2 Å². The topological polar surface area (TPSA) is 87.8 Å². The van der Waals surface area contributed by atoms with Gasteiger partial charge in [0.25, 0.3) is 0 Å². The number of hydrogen-bond donors (Lipinski definition) is 3. The largest absolute Gasteiger partial charge is 0.489 e. The Labute approximate surface area is 245 Å². The predicted octanol–water partition coefficient (Wildman–Crippen LogP) is 4.63. The molecule has 3 aliphatic rings. The van der Waals surface area contributed by atoms with Crippen LogP contribution in [0.3, 0.4) is 0 Å². The molecule has 0 saturated carbocycles. The van der Waals surface area contributed by atoms with Crippen molar-refractivity contribution in [1.82, 2.24) is 24.8 Å². The van der Waals surface area contributed by atoms with Crippen LogP contribution < -0.4 is 25.2 Å². The van der Waals surface area contributed by atoms with Gasteiger partial charge in [0.1, 0.15) is 29.5 Å². The molecule has 42 heavy (non-hydrogen) atoms. The van der Waals surface area contributed by atoms with Gasteiger partial charge in [0, 0.05) is 57.7 Å². The molecule has 1 atom stereocenters. The Balaban J connectivity index is 1.11. The molecular formula is C31H38FN9O. The Morgan fingerprint density at radius 3 is 2.67 bits per heavy atom. The number of para-hydroxylation sites is 2. The minimum Gasteiger partial charge on any atom is -0.489 e. The van der Waals surface area contributed by atoms with Crippen molar-refractivity contribution < 1.29 is 9.13 Å². The van der Waals surface area contributed by atoms with Crippen molar-refractivity contribution >= 4 is 45.5 Å². The van der Waals surface area contributed by atoms with Gasteiger partial charge in [-0.15, -0.1) is 0 Å². The average Bonchev–Trinajstić information content (AvgIpc) is 3.46. The number of benzene rings is 2. The van der Waals surface area contributed by atoms with Crippen LogP contribution in [-0.4, -0.2) is 97.3 Å². The number of halogens is 1. The molecule has 0 bridgehead atoms. The van der Waals surface area contributed by atoms with E-state index >= 15 is 4.39 Å². The van der Waals surface area contributed by atoms with Gasteiger partial charge in [-0.25, -0.2) is 4.39 Å². The lowest BCUT2D eigenvalue weighted by molar-refractivity contribution is 0.0863. The Bertz CT molecular complexity index is 1580. The highest BCUT2D eigenvalue weighted by atomic mass is 19.1. The molecule has 0 aliphatic carbocycles. The number of nitrogens with zero attached hydrogens (tertiary/aromatic N) is 6. The van der Waals surface area contributed by atoms with E-state index in [4.69, 9.17) is 9.72 Å². The molecule has 220 valence electrons. The van der Waals surface area contributed by atoms with Crippen molar-refractivity contribution in [1.29, 1.82) is 0 Å². The summed E-state index contributed by atoms with van der Waals surface area (Å²) < 4.78 is 21.9. The maximum Gasteiger partial charge on any atom is 0.231 e. The van der Waals surface area contributed by atoms with Crippen molar-refractivity contribution in [3.63, 3.8) is 0 Å². The van der Waals surface area contributed by atoms with Crippen LogP contribution in [-0.2, 0) is 0 Å². The molecule has 11 heteroatoms. The number of aromatic amines is 1. The molecule has 5 heterocycles. The summed E-state index contributed by atoms with van der Waals surface area (Å²) in [6, 6.07) is 14.1. The van der Waals surface area contributed by atoms with E-state index in [1.807, 2.05) is 61.6 Å². The van der Waals surface area contributed by atoms with Crippen molar-refractivity contribution in [2.75, 3.05) is 80.9 Å². The van der Waals surface area contributed by atoms with E-state index in [-0.39, 0.29) is 11.9 Å². The summed E-state index contributed by atoms with van der Waals surface area (Å²) in [5.74, 6) is 1.26. The number of fused-ring (bicyclic) bond motifs is 4. The Morgan fingerprint density at radius 2 is 1.83 bits per heavy atom. The molecule has 3 aliphatic heterocycles. The van der Waals surface area contributed by atoms with Gasteiger partial charge in [0.05, 0.1) is 22.8 Å². The summed E-state index contributed by atoms with van der Waals surface area (Å²) in [5, 5.41) is 7.55. The number of piperidine rings is 1. The molecule has 0 radical (unpaired) electrons. The third-order valence-electron chi connectivity index (χ3n) is 8.78. The Hall–Kier alpha value is -4.09. The number of aromatic nitrogens is 3. The summed E-state index contributed by atoms with van der Waals surface area (Å²) in [6.07, 6.45) is 4.22. The minimum atomic E-state index is -0.299. The normalized spacial score (nSPS) is 19.7. The van der Waals surface area contributed by atoms with E-state index in [2.05, 4.69) is 42.3 Å². The predicted molar refractivity (Wildman–Crippen MR) is 166 cm³/mol. The summed E-state index contributed by atoms with van der Waals surface area (Å²) in [6.45, 7) is 5.47. The number of piperazine rings is 1. The second kappa shape index (κ2) is 11.0. The summed E-state index contributed by atoms with van der Waals surface area (Å²) >= 11 is 0. The van der Waals surface area contributed by atoms with Crippen LogP contribution in [0.2, 0.25) is 0 Å². The first-order valence-electron chi connectivity index (χ1n) is 14.7. The highest BCUT2D eigenvalue weighted by molar-refractivity contribution is 5.92. The standard InChI is InChI=1S/C31H38FN9O/c1-38(2)26-7-5-4-6-25(26)35-30-23-8-11-33-29(23)36-31(37-30)34-20-16-24(32)28-27(17-20)42-19-22-18-40(14-15-41(22)28)21-9-12-39(3)13-10-21/h4-8,11,16-17,21-22H,9-10,12-15,18-19H2,1-3H3,(H3,33,34,35,36,37). The van der Waals surface area contributed by atoms with E-state index < -0.39 is 0 Å². The molecule has 2 aromatic heterocycles. The van der Waals surface area contributed by atoms with E-state index in [0.717, 1.165) is 49.5 Å². The molecule has 7 rings (SSSR count). The highest BCUT2D eigenvalue weighted by Crippen LogP contribution is 2.41. The second-order valence-electron chi connectivity index (χ2n) is 11.8. The summed E-state index contributed by atoms with van der Waals surface area (Å²) in [7, 11) is 6.20. The zero-order valence-corrected chi connectivity index (χ0v) is 24.4. The first-order valence-corrected chi connectivity index (χ1v) is 14.7. The zero-order valence-electron chi connectivity index (χ0n) is 24.4. The quantitative estimate of drug-likeness (QED) is 0.307. The van der Waals surface area contributed by atoms with Crippen molar-refractivity contribution in [2.45, 2.75) is 24.9 Å². The fourth-order valence-electron chi connectivity index (χ4n) is 6.55. The molecule has 2 aromatic carbocycles. The van der Waals surface area contributed by atoms with E-state index in [1.54, 1.807) is 0 Å². The van der Waals surface area contributed by atoms with Crippen molar-refractivity contribution in [2.24, 2.45) is 0 Å². The fourth-order valence-corrected chi connectivity index (χ4v) is 6.55. The molecule has 2 fully saturated rings. The van der Waals surface area contributed by atoms with Gasteiger partial charge in [0.15, 0.2) is 5.82 Å². The maximum absolute atomic E-state index is 15.7. The minimum absolute atomic E-state index is 0.150. The average molecular weight is 572 g/mol. The van der Waals surface area contributed by atoms with Gasteiger partial charge in [0.2, 0.25) is 5.95 Å². The number of hydrogen-bond acceptors (Lipinski definition) is 9. The van der Waals surface area contributed by atoms with Gasteiger partial charge in [-0.2, -0.15) is 9.97 Å². The van der Waals surface area contributed by atoms with Crippen LogP contribution in [0.25, 0.3) is 11.0 Å². The summed E-state index contributed by atoms with van der Waals surface area (Å²) in [4.78, 5) is 21.8. The Morgan fingerprint density at radius 1 is 1.00 bits per heavy atom. The third kappa shape index (κ3) is 5.07. The number of likely N-dealkylation sites (tertiary alicyclic amines) is 1. The third-order valence-corrected chi connectivity index (χ3v) is 8.78. The molecule has 4 aromatic rings. The lowest BCUT2D eigenvalue weighted by atomic mass is 10.00. The van der Waals surface area contributed by atoms with Crippen LogP contribution in [0.15, 0.2) is 48.7 Å². The van der Waals surface area contributed by atoms with Crippen LogP contribution >= 0.6 is 0 Å². The van der Waals surface area contributed by atoms with E-state index in [9.17, 15) is 0 Å². The molecule has 10 nitrogen and oxygen atoms in total. The monoisotopic (exact) mass is 571 g/mol. The number of ether oxygens (including phenoxy) is 1. The molecule has 3 N–H and O–H groups in total. The molecular weight excluding hydrogens is 533 g/mol. The molecule has 0 spiro atoms. The van der Waals surface area contributed by atoms with Crippen molar-refractivity contribution in [3.05, 3.63) is 54.5 Å². The van der Waals surface area contributed by atoms with Crippen LogP contribution in [0, 0.1) is 5.82 Å². The highest BCUT2D eigenvalue weighted by Gasteiger charge is 2.37. The lowest BCUT2D eigenvalue weighted by Gasteiger charge is -2.48. The number of anilines is 6.